The number of rotatable bonds is 5. The van der Waals surface area contributed by atoms with Gasteiger partial charge in [0.05, 0.1) is 17.6 Å². The van der Waals surface area contributed by atoms with Crippen LogP contribution in [-0.4, -0.2) is 56.7 Å². The molecule has 134 valence electrons. The predicted molar refractivity (Wildman–Crippen MR) is 101 cm³/mol. The molecule has 0 bridgehead atoms. The summed E-state index contributed by atoms with van der Waals surface area (Å²) in [6.07, 6.45) is 4.29. The summed E-state index contributed by atoms with van der Waals surface area (Å²) in [5.74, 6) is 1.14. The first kappa shape index (κ1) is 16.9. The Labute approximate surface area is 156 Å². The van der Waals surface area contributed by atoms with Crippen LogP contribution in [0.2, 0.25) is 0 Å². The molecule has 0 unspecified atom stereocenters. The zero-order chi connectivity index (χ0) is 17.6. The van der Waals surface area contributed by atoms with Crippen molar-refractivity contribution in [1.82, 2.24) is 24.1 Å². The van der Waals surface area contributed by atoms with Crippen LogP contribution in [0.3, 0.4) is 0 Å². The Morgan fingerprint density at radius 3 is 2.84 bits per heavy atom. The summed E-state index contributed by atoms with van der Waals surface area (Å²) in [7, 11) is 3.64. The lowest BCUT2D eigenvalue weighted by atomic mass is 10.2. The van der Waals surface area contributed by atoms with Gasteiger partial charge >= 0.3 is 0 Å². The Hall–Kier alpha value is -1.51. The van der Waals surface area contributed by atoms with Crippen LogP contribution in [0.5, 0.6) is 0 Å². The van der Waals surface area contributed by atoms with Crippen molar-refractivity contribution in [2.45, 2.75) is 44.4 Å². The zero-order valence-electron chi connectivity index (χ0n) is 14.6. The van der Waals surface area contributed by atoms with Crippen LogP contribution in [0.15, 0.2) is 17.5 Å². The second-order valence-electron chi connectivity index (χ2n) is 7.03. The highest BCUT2D eigenvalue weighted by molar-refractivity contribution is 7.71. The maximum atomic E-state index is 12.4. The van der Waals surface area contributed by atoms with Gasteiger partial charge in [-0.1, -0.05) is 6.07 Å². The van der Waals surface area contributed by atoms with Crippen LogP contribution in [-0.2, 0) is 11.5 Å². The van der Waals surface area contributed by atoms with Gasteiger partial charge in [-0.25, -0.2) is 4.68 Å². The van der Waals surface area contributed by atoms with Crippen LogP contribution in [0.25, 0.3) is 10.7 Å². The van der Waals surface area contributed by atoms with E-state index in [0.717, 1.165) is 34.9 Å². The number of hydrogen-bond acceptors (Lipinski definition) is 5. The third kappa shape index (κ3) is 3.18. The molecule has 1 atom stereocenters. The van der Waals surface area contributed by atoms with Crippen molar-refractivity contribution in [1.29, 1.82) is 0 Å². The molecule has 2 aliphatic rings. The van der Waals surface area contributed by atoms with E-state index in [-0.39, 0.29) is 11.9 Å². The van der Waals surface area contributed by atoms with Crippen molar-refractivity contribution in [3.63, 3.8) is 0 Å². The molecular formula is C17H23N5OS2. The van der Waals surface area contributed by atoms with Gasteiger partial charge in [-0.15, -0.1) is 16.4 Å². The highest BCUT2D eigenvalue weighted by Crippen LogP contribution is 2.39. The average molecular weight is 378 g/mol. The molecule has 3 heterocycles. The third-order valence-corrected chi connectivity index (χ3v) is 6.20. The summed E-state index contributed by atoms with van der Waals surface area (Å²) in [4.78, 5) is 17.5. The van der Waals surface area contributed by atoms with E-state index in [1.807, 2.05) is 24.8 Å². The number of likely N-dealkylation sites (tertiary alicyclic amines) is 1. The molecule has 25 heavy (non-hydrogen) atoms. The fraction of sp³-hybridized carbons (Fsp3) is 0.588. The zero-order valence-corrected chi connectivity index (χ0v) is 16.2. The number of carbonyl (C=O) groups is 1. The van der Waals surface area contributed by atoms with Gasteiger partial charge in [-0.2, -0.15) is 0 Å². The fourth-order valence-corrected chi connectivity index (χ4v) is 4.53. The van der Waals surface area contributed by atoms with Gasteiger partial charge in [-0.05, 0) is 49.3 Å². The second kappa shape index (κ2) is 6.66. The highest BCUT2D eigenvalue weighted by Gasteiger charge is 2.34. The van der Waals surface area contributed by atoms with Gasteiger partial charge in [0, 0.05) is 26.7 Å². The Morgan fingerprint density at radius 2 is 2.20 bits per heavy atom. The number of aromatic nitrogens is 3. The number of amides is 1. The van der Waals surface area contributed by atoms with E-state index < -0.39 is 0 Å². The lowest BCUT2D eigenvalue weighted by Crippen LogP contribution is -2.43. The van der Waals surface area contributed by atoms with Crippen molar-refractivity contribution in [3.05, 3.63) is 22.3 Å². The van der Waals surface area contributed by atoms with E-state index >= 15 is 0 Å². The third-order valence-electron chi connectivity index (χ3n) is 4.93. The van der Waals surface area contributed by atoms with E-state index in [2.05, 4.69) is 20.9 Å². The molecule has 2 aromatic heterocycles. The van der Waals surface area contributed by atoms with Gasteiger partial charge in [0.1, 0.15) is 0 Å². The summed E-state index contributed by atoms with van der Waals surface area (Å²) in [5.41, 5.74) is 0. The molecule has 1 saturated heterocycles. The molecule has 0 radical (unpaired) electrons. The summed E-state index contributed by atoms with van der Waals surface area (Å²) >= 11 is 7.43. The van der Waals surface area contributed by atoms with Gasteiger partial charge in [0.2, 0.25) is 5.91 Å². The van der Waals surface area contributed by atoms with Crippen molar-refractivity contribution in [3.8, 4) is 10.7 Å². The number of carbonyl (C=O) groups excluding carboxylic acids is 1. The predicted octanol–water partition coefficient (Wildman–Crippen LogP) is 2.99. The summed E-state index contributed by atoms with van der Waals surface area (Å²) in [5, 5.41) is 6.91. The average Bonchev–Trinajstić information content (AvgIpc) is 3.01. The number of thiophene rings is 1. The smallest absolute Gasteiger partial charge is 0.239 e. The normalized spacial score (nSPS) is 21.0. The maximum absolute atomic E-state index is 12.4. The van der Waals surface area contributed by atoms with E-state index in [1.54, 1.807) is 16.2 Å². The molecule has 0 spiro atoms. The number of hydrogen-bond donors (Lipinski definition) is 0. The Bertz CT molecular complexity index is 819. The van der Waals surface area contributed by atoms with Gasteiger partial charge in [0.25, 0.3) is 0 Å². The van der Waals surface area contributed by atoms with Crippen molar-refractivity contribution >= 4 is 29.5 Å². The molecule has 0 aromatic carbocycles. The molecule has 6 nitrogen and oxygen atoms in total. The summed E-state index contributed by atoms with van der Waals surface area (Å²) < 4.78 is 4.89. The van der Waals surface area contributed by atoms with Crippen LogP contribution in [0.4, 0.5) is 0 Å². The molecule has 1 aliphatic heterocycles. The maximum Gasteiger partial charge on any atom is 0.239 e. The molecule has 2 fully saturated rings. The monoisotopic (exact) mass is 377 g/mol. The molecule has 4 rings (SSSR count). The van der Waals surface area contributed by atoms with Gasteiger partial charge in [-0.3, -0.25) is 14.3 Å². The van der Waals surface area contributed by atoms with Crippen LogP contribution >= 0.6 is 23.6 Å². The van der Waals surface area contributed by atoms with Crippen molar-refractivity contribution in [2.75, 3.05) is 20.6 Å². The van der Waals surface area contributed by atoms with E-state index in [4.69, 9.17) is 17.3 Å². The van der Waals surface area contributed by atoms with Crippen LogP contribution < -0.4 is 0 Å². The van der Waals surface area contributed by atoms with E-state index in [0.29, 0.717) is 12.7 Å². The van der Waals surface area contributed by atoms with Gasteiger partial charge < -0.3 is 4.90 Å². The van der Waals surface area contributed by atoms with Gasteiger partial charge in [0.15, 0.2) is 10.6 Å². The molecular weight excluding hydrogens is 354 g/mol. The van der Waals surface area contributed by atoms with Crippen molar-refractivity contribution < 1.29 is 4.79 Å². The first-order valence-corrected chi connectivity index (χ1v) is 10.0. The molecule has 2 aromatic rings. The quantitative estimate of drug-likeness (QED) is 0.752. The van der Waals surface area contributed by atoms with Crippen molar-refractivity contribution in [2.24, 2.45) is 0 Å². The standard InChI is InChI=1S/C17H23N5OS2/c1-19(2)16(23)13-5-3-9-20(13)11-21-17(24)22(12-7-8-12)15(18-21)14-6-4-10-25-14/h4,6,10,12-13H,3,5,7-9,11H2,1-2H3/t13-/m1/s1. The first-order chi connectivity index (χ1) is 12.1. The summed E-state index contributed by atoms with van der Waals surface area (Å²) in [6, 6.07) is 4.56. The minimum Gasteiger partial charge on any atom is -0.347 e. The van der Waals surface area contributed by atoms with E-state index in [9.17, 15) is 4.79 Å². The number of nitrogens with zero attached hydrogens (tertiary/aromatic N) is 5. The van der Waals surface area contributed by atoms with E-state index in [1.165, 1.54) is 12.8 Å². The minimum atomic E-state index is -0.0619. The van der Waals surface area contributed by atoms with Crippen LogP contribution in [0.1, 0.15) is 31.7 Å². The SMILES string of the molecule is CN(C)C(=O)[C@H]1CCCN1Cn1nc(-c2cccs2)n(C2CC2)c1=S. The molecule has 1 saturated carbocycles. The lowest BCUT2D eigenvalue weighted by Gasteiger charge is -2.25. The highest BCUT2D eigenvalue weighted by atomic mass is 32.1. The minimum absolute atomic E-state index is 0.0619. The Balaban J connectivity index is 1.64. The summed E-state index contributed by atoms with van der Waals surface area (Å²) in [6.45, 7) is 1.50. The lowest BCUT2D eigenvalue weighted by molar-refractivity contribution is -0.134. The largest absolute Gasteiger partial charge is 0.347 e. The Kier molecular flexibility index (Phi) is 4.51. The fourth-order valence-electron chi connectivity index (χ4n) is 3.49. The van der Waals surface area contributed by atoms with Crippen LogP contribution in [0, 0.1) is 4.77 Å². The Morgan fingerprint density at radius 1 is 1.40 bits per heavy atom. The molecule has 1 aliphatic carbocycles. The molecule has 1 amide bonds. The molecule has 0 N–H and O–H groups in total. The topological polar surface area (TPSA) is 46.3 Å². The first-order valence-electron chi connectivity index (χ1n) is 8.74. The second-order valence-corrected chi connectivity index (χ2v) is 8.34. The number of likely N-dealkylation sites (N-methyl/N-ethyl adjacent to an activating group) is 1. The molecule has 8 heteroatoms.